The number of amides is 1. The van der Waals surface area contributed by atoms with E-state index in [1.807, 2.05) is 12.1 Å². The van der Waals surface area contributed by atoms with Crippen LogP contribution in [0, 0.1) is 0 Å². The van der Waals surface area contributed by atoms with E-state index in [1.54, 1.807) is 11.6 Å². The minimum atomic E-state index is -0.398. The summed E-state index contributed by atoms with van der Waals surface area (Å²) in [6, 6.07) is 4.11. The predicted molar refractivity (Wildman–Crippen MR) is 126 cm³/mol. The Morgan fingerprint density at radius 1 is 1.16 bits per heavy atom. The minimum Gasteiger partial charge on any atom is -0.488 e. The molecule has 2 aliphatic rings. The van der Waals surface area contributed by atoms with Crippen molar-refractivity contribution < 1.29 is 19.0 Å². The number of hydrogen-bond donors (Lipinski definition) is 1. The van der Waals surface area contributed by atoms with Gasteiger partial charge in [-0.15, -0.1) is 0 Å². The molecule has 1 N–H and O–H groups in total. The predicted octanol–water partition coefficient (Wildman–Crippen LogP) is 3.09. The molecular weight excluding hydrogens is 412 g/mol. The zero-order valence-electron chi connectivity index (χ0n) is 17.4. The molecule has 0 atom stereocenters. The Kier molecular flexibility index (Phi) is 8.89. The summed E-state index contributed by atoms with van der Waals surface area (Å²) in [5, 5.41) is 2.86. The summed E-state index contributed by atoms with van der Waals surface area (Å²) in [5.41, 5.74) is 2.29. The second kappa shape index (κ2) is 11.2. The Hall–Kier alpha value is -2.81. The van der Waals surface area contributed by atoms with E-state index in [9.17, 15) is 9.59 Å². The van der Waals surface area contributed by atoms with Gasteiger partial charge in [0.2, 0.25) is 0 Å². The van der Waals surface area contributed by atoms with Gasteiger partial charge >= 0.3 is 6.09 Å². The Labute approximate surface area is 189 Å². The number of fused-ring (bicyclic) bond motifs is 1. The molecule has 1 aromatic heterocycles. The number of rotatable bonds is 4. The lowest BCUT2D eigenvalue weighted by Crippen LogP contribution is -2.39. The number of nitrogens with zero attached hydrogens (tertiary/aromatic N) is 3. The summed E-state index contributed by atoms with van der Waals surface area (Å²) in [6.07, 6.45) is 4.22. The van der Waals surface area contributed by atoms with Gasteiger partial charge in [-0.3, -0.25) is 4.79 Å². The van der Waals surface area contributed by atoms with Gasteiger partial charge < -0.3 is 29.0 Å². The average Bonchev–Trinajstić information content (AvgIpc) is 2.78. The van der Waals surface area contributed by atoms with Gasteiger partial charge in [-0.1, -0.05) is 14.9 Å². The van der Waals surface area contributed by atoms with Crippen LogP contribution in [0.4, 0.5) is 10.5 Å². The smallest absolute Gasteiger partial charge is 0.407 e. The van der Waals surface area contributed by atoms with E-state index in [2.05, 4.69) is 19.9 Å². The van der Waals surface area contributed by atoms with Crippen LogP contribution in [0.2, 0.25) is 0 Å². The van der Waals surface area contributed by atoms with Crippen molar-refractivity contribution in [1.82, 2.24) is 14.9 Å². The van der Waals surface area contributed by atoms with Gasteiger partial charge in [0, 0.05) is 37.9 Å². The third-order valence-corrected chi connectivity index (χ3v) is 5.87. The number of anilines is 1. The fourth-order valence-corrected chi connectivity index (χ4v) is 4.16. The van der Waals surface area contributed by atoms with Crippen molar-refractivity contribution in [3.8, 4) is 5.75 Å². The molecule has 1 aliphatic carbocycles. The molecule has 0 unspecified atom stereocenters. The Morgan fingerprint density at radius 2 is 1.84 bits per heavy atom. The van der Waals surface area contributed by atoms with Crippen LogP contribution < -0.4 is 20.5 Å². The lowest BCUT2D eigenvalue weighted by molar-refractivity contribution is 0.122. The van der Waals surface area contributed by atoms with E-state index in [0.717, 1.165) is 50.0 Å². The highest BCUT2D eigenvalue weighted by molar-refractivity contribution is 5.85. The first-order valence-corrected chi connectivity index (χ1v) is 10.4. The van der Waals surface area contributed by atoms with Crippen molar-refractivity contribution in [1.29, 1.82) is 0 Å². The number of hydrogen-bond acceptors (Lipinski definition) is 7. The third-order valence-electron chi connectivity index (χ3n) is 5.87. The van der Waals surface area contributed by atoms with Crippen LogP contribution in [0.25, 0.3) is 11.0 Å². The van der Waals surface area contributed by atoms with Crippen molar-refractivity contribution in [3.05, 3.63) is 28.7 Å². The lowest BCUT2D eigenvalue weighted by atomic mass is 9.93. The first-order valence-electron chi connectivity index (χ1n) is 10.4. The summed E-state index contributed by atoms with van der Waals surface area (Å²) >= 11 is 0. The van der Waals surface area contributed by atoms with Crippen molar-refractivity contribution in [2.75, 3.05) is 38.3 Å². The molecule has 4 rings (SSSR count). The maximum absolute atomic E-state index is 12.2. The number of alkyl carbamates (subject to hydrolysis) is 1. The zero-order chi connectivity index (χ0) is 21.1. The molecule has 1 saturated carbocycles. The van der Waals surface area contributed by atoms with Gasteiger partial charge in [-0.2, -0.15) is 0 Å². The van der Waals surface area contributed by atoms with Gasteiger partial charge in [0.05, 0.1) is 38.1 Å². The van der Waals surface area contributed by atoms with E-state index >= 15 is 0 Å². The number of carbonyl (C=O) groups is 1. The van der Waals surface area contributed by atoms with Crippen LogP contribution in [0.3, 0.4) is 0 Å². The standard InChI is InChI=1S/C21H28N4O5.2CH4/c1-24-19(26)13-22-17-11-15(25-7-9-29-10-8-25)12-18(20(17)24)30-16-5-3-14(4-6-16)23-21(27)28-2;;/h11-14,16H,3-10H2,1-2H3,(H,23,27);2*1H4. The molecule has 0 radical (unpaired) electrons. The number of ether oxygens (including phenoxy) is 3. The van der Waals surface area contributed by atoms with Crippen LogP contribution in [-0.4, -0.2) is 61.2 Å². The Bertz CT molecular complexity index is 963. The molecular formula is C23H36N4O5. The highest BCUT2D eigenvalue weighted by Crippen LogP contribution is 2.33. The maximum Gasteiger partial charge on any atom is 0.407 e. The van der Waals surface area contributed by atoms with Crippen LogP contribution in [0.1, 0.15) is 40.5 Å². The van der Waals surface area contributed by atoms with E-state index in [0.29, 0.717) is 24.5 Å². The largest absolute Gasteiger partial charge is 0.488 e. The summed E-state index contributed by atoms with van der Waals surface area (Å²) in [7, 11) is 3.11. The molecule has 32 heavy (non-hydrogen) atoms. The van der Waals surface area contributed by atoms with Crippen LogP contribution in [0.5, 0.6) is 5.75 Å². The summed E-state index contributed by atoms with van der Waals surface area (Å²) in [4.78, 5) is 30.3. The molecule has 1 aliphatic heterocycles. The second-order valence-electron chi connectivity index (χ2n) is 7.79. The Morgan fingerprint density at radius 3 is 2.50 bits per heavy atom. The zero-order valence-corrected chi connectivity index (χ0v) is 17.4. The molecule has 0 bridgehead atoms. The number of aromatic nitrogens is 2. The summed E-state index contributed by atoms with van der Waals surface area (Å²) in [5.74, 6) is 0.672. The summed E-state index contributed by atoms with van der Waals surface area (Å²) < 4.78 is 18.2. The number of morpholine rings is 1. The van der Waals surface area contributed by atoms with Crippen LogP contribution in [0.15, 0.2) is 23.1 Å². The number of methoxy groups -OCH3 is 1. The van der Waals surface area contributed by atoms with Gasteiger partial charge in [0.1, 0.15) is 11.3 Å². The molecule has 2 fully saturated rings. The van der Waals surface area contributed by atoms with E-state index < -0.39 is 6.09 Å². The highest BCUT2D eigenvalue weighted by Gasteiger charge is 2.25. The first-order chi connectivity index (χ1) is 14.5. The molecule has 1 saturated heterocycles. The monoisotopic (exact) mass is 448 g/mol. The Balaban J connectivity index is 0.00000181. The number of benzene rings is 1. The first kappa shape index (κ1) is 25.5. The van der Waals surface area contributed by atoms with Crippen molar-refractivity contribution >= 4 is 22.8 Å². The minimum absolute atomic E-state index is 0. The van der Waals surface area contributed by atoms with E-state index in [1.165, 1.54) is 13.3 Å². The van der Waals surface area contributed by atoms with Gasteiger partial charge in [0.15, 0.2) is 0 Å². The molecule has 2 heterocycles. The molecule has 1 aromatic carbocycles. The fraction of sp³-hybridized carbons (Fsp3) is 0.609. The molecule has 9 heteroatoms. The van der Waals surface area contributed by atoms with Crippen molar-refractivity contribution in [3.63, 3.8) is 0 Å². The SMILES string of the molecule is C.C.COC(=O)NC1CCC(Oc2cc(N3CCOCC3)cc3ncc(=O)n(C)c23)CC1. The quantitative estimate of drug-likeness (QED) is 0.768. The van der Waals surface area contributed by atoms with Gasteiger partial charge in [-0.25, -0.2) is 9.78 Å². The van der Waals surface area contributed by atoms with Gasteiger partial charge in [0.25, 0.3) is 5.56 Å². The third kappa shape index (κ3) is 5.51. The molecule has 0 spiro atoms. The molecule has 178 valence electrons. The normalized spacial score (nSPS) is 20.6. The second-order valence-corrected chi connectivity index (χ2v) is 7.79. The summed E-state index contributed by atoms with van der Waals surface area (Å²) in [6.45, 7) is 2.99. The van der Waals surface area contributed by atoms with E-state index in [4.69, 9.17) is 9.47 Å². The molecule has 9 nitrogen and oxygen atoms in total. The maximum atomic E-state index is 12.2. The molecule has 2 aromatic rings. The van der Waals surface area contributed by atoms with Gasteiger partial charge in [-0.05, 0) is 31.7 Å². The lowest BCUT2D eigenvalue weighted by Gasteiger charge is -2.31. The topological polar surface area (TPSA) is 94.9 Å². The highest BCUT2D eigenvalue weighted by atomic mass is 16.5. The average molecular weight is 449 g/mol. The molecule has 1 amide bonds. The number of aryl methyl sites for hydroxylation is 1. The number of nitrogens with one attached hydrogen (secondary N) is 1. The van der Waals surface area contributed by atoms with Crippen LogP contribution in [-0.2, 0) is 16.5 Å². The fourth-order valence-electron chi connectivity index (χ4n) is 4.16. The van der Waals surface area contributed by atoms with E-state index in [-0.39, 0.29) is 32.6 Å². The number of carbonyl (C=O) groups excluding carboxylic acids is 1. The van der Waals surface area contributed by atoms with Crippen LogP contribution >= 0.6 is 0 Å². The van der Waals surface area contributed by atoms with Crippen molar-refractivity contribution in [2.24, 2.45) is 7.05 Å². The van der Waals surface area contributed by atoms with Crippen molar-refractivity contribution in [2.45, 2.75) is 52.7 Å².